The Morgan fingerprint density at radius 1 is 1.61 bits per heavy atom. The summed E-state index contributed by atoms with van der Waals surface area (Å²) in [5, 5.41) is 8.84. The van der Waals surface area contributed by atoms with Gasteiger partial charge in [0.15, 0.2) is 0 Å². The van der Waals surface area contributed by atoms with Crippen molar-refractivity contribution in [3.8, 4) is 5.75 Å². The zero-order chi connectivity index (χ0) is 13.3. The first-order valence-corrected chi connectivity index (χ1v) is 6.39. The van der Waals surface area contributed by atoms with E-state index in [0.717, 1.165) is 23.3 Å². The Hall–Kier alpha value is -1.11. The number of nitrogens with two attached hydrogens (primary N) is 1. The quantitative estimate of drug-likeness (QED) is 0.874. The van der Waals surface area contributed by atoms with Gasteiger partial charge in [-0.3, -0.25) is 9.69 Å². The number of aliphatic carboxylic acids is 1. The standard InChI is InChI=1S/C12H15BrN2O3/c1-15-5-8(6-15)18-10-3-2-7(4-9(10)13)11(14)12(16)17/h2-4,8,11H,5-6,14H2,1H3,(H,16,17). The van der Waals surface area contributed by atoms with Gasteiger partial charge < -0.3 is 15.6 Å². The van der Waals surface area contributed by atoms with Crippen molar-refractivity contribution in [3.05, 3.63) is 28.2 Å². The van der Waals surface area contributed by atoms with Crippen LogP contribution in [0.5, 0.6) is 5.75 Å². The van der Waals surface area contributed by atoms with Crippen LogP contribution < -0.4 is 10.5 Å². The molecule has 0 radical (unpaired) electrons. The third-order valence-corrected chi connectivity index (χ3v) is 3.53. The Balaban J connectivity index is 2.07. The molecule has 18 heavy (non-hydrogen) atoms. The molecule has 0 amide bonds. The topological polar surface area (TPSA) is 75.8 Å². The summed E-state index contributed by atoms with van der Waals surface area (Å²) in [4.78, 5) is 12.9. The number of nitrogens with zero attached hydrogens (tertiary/aromatic N) is 1. The highest BCUT2D eigenvalue weighted by Gasteiger charge is 2.25. The Kier molecular flexibility index (Phi) is 3.89. The number of likely N-dealkylation sites (N-methyl/N-ethyl adjacent to an activating group) is 1. The van der Waals surface area contributed by atoms with Gasteiger partial charge in [0, 0.05) is 13.1 Å². The van der Waals surface area contributed by atoms with Crippen molar-refractivity contribution in [3.63, 3.8) is 0 Å². The fourth-order valence-electron chi connectivity index (χ4n) is 1.84. The van der Waals surface area contributed by atoms with E-state index in [2.05, 4.69) is 20.8 Å². The normalized spacial score (nSPS) is 18.2. The van der Waals surface area contributed by atoms with E-state index in [0.29, 0.717) is 5.56 Å². The average Bonchev–Trinajstić information content (AvgIpc) is 2.28. The monoisotopic (exact) mass is 314 g/mol. The second-order valence-electron chi connectivity index (χ2n) is 4.47. The number of rotatable bonds is 4. The van der Waals surface area contributed by atoms with Crippen LogP contribution >= 0.6 is 15.9 Å². The van der Waals surface area contributed by atoms with Crippen molar-refractivity contribution in [2.24, 2.45) is 5.73 Å². The molecule has 1 atom stereocenters. The lowest BCUT2D eigenvalue weighted by Gasteiger charge is -2.36. The first-order chi connectivity index (χ1) is 8.47. The molecule has 98 valence electrons. The molecule has 0 aliphatic carbocycles. The smallest absolute Gasteiger partial charge is 0.325 e. The van der Waals surface area contributed by atoms with E-state index in [9.17, 15) is 4.79 Å². The van der Waals surface area contributed by atoms with Crippen LogP contribution in [0.15, 0.2) is 22.7 Å². The highest BCUT2D eigenvalue weighted by atomic mass is 79.9. The van der Waals surface area contributed by atoms with Gasteiger partial charge in [0.1, 0.15) is 17.9 Å². The summed E-state index contributed by atoms with van der Waals surface area (Å²) >= 11 is 3.37. The van der Waals surface area contributed by atoms with Gasteiger partial charge in [-0.2, -0.15) is 0 Å². The van der Waals surface area contributed by atoms with Crippen molar-refractivity contribution in [2.45, 2.75) is 12.1 Å². The number of hydrogen-bond acceptors (Lipinski definition) is 4. The van der Waals surface area contributed by atoms with Gasteiger partial charge in [-0.15, -0.1) is 0 Å². The van der Waals surface area contributed by atoms with Crippen molar-refractivity contribution in [1.82, 2.24) is 4.90 Å². The van der Waals surface area contributed by atoms with Crippen LogP contribution in [-0.4, -0.2) is 42.2 Å². The SMILES string of the molecule is CN1CC(Oc2ccc(C(N)C(=O)O)cc2Br)C1. The molecule has 1 unspecified atom stereocenters. The maximum absolute atomic E-state index is 10.8. The van der Waals surface area contributed by atoms with E-state index in [1.54, 1.807) is 18.2 Å². The fourth-order valence-corrected chi connectivity index (χ4v) is 2.33. The summed E-state index contributed by atoms with van der Waals surface area (Å²) in [6, 6.07) is 4.11. The van der Waals surface area contributed by atoms with Gasteiger partial charge >= 0.3 is 5.97 Å². The lowest BCUT2D eigenvalue weighted by atomic mass is 10.1. The zero-order valence-electron chi connectivity index (χ0n) is 9.97. The van der Waals surface area contributed by atoms with Crippen molar-refractivity contribution < 1.29 is 14.6 Å². The fraction of sp³-hybridized carbons (Fsp3) is 0.417. The van der Waals surface area contributed by atoms with Crippen molar-refractivity contribution >= 4 is 21.9 Å². The average molecular weight is 315 g/mol. The van der Waals surface area contributed by atoms with Crippen molar-refractivity contribution in [2.75, 3.05) is 20.1 Å². The third kappa shape index (κ3) is 2.82. The summed E-state index contributed by atoms with van der Waals surface area (Å²) in [6.07, 6.45) is 0.199. The summed E-state index contributed by atoms with van der Waals surface area (Å²) in [5.74, 6) is -0.328. The number of benzene rings is 1. The number of carbonyl (C=O) groups is 1. The van der Waals surface area contributed by atoms with Gasteiger partial charge in [0.25, 0.3) is 0 Å². The van der Waals surface area contributed by atoms with Gasteiger partial charge in [-0.25, -0.2) is 0 Å². The van der Waals surface area contributed by atoms with Crippen LogP contribution in [0.4, 0.5) is 0 Å². The summed E-state index contributed by atoms with van der Waals surface area (Å²) in [5.41, 5.74) is 6.09. The minimum Gasteiger partial charge on any atom is -0.487 e. The predicted molar refractivity (Wildman–Crippen MR) is 70.6 cm³/mol. The summed E-state index contributed by atoms with van der Waals surface area (Å²) in [7, 11) is 2.03. The molecule has 6 heteroatoms. The van der Waals surface area contributed by atoms with Gasteiger partial charge in [-0.1, -0.05) is 6.07 Å². The number of hydrogen-bond donors (Lipinski definition) is 2. The van der Waals surface area contributed by atoms with Crippen LogP contribution in [0.2, 0.25) is 0 Å². The molecule has 1 saturated heterocycles. The van der Waals surface area contributed by atoms with Gasteiger partial charge in [-0.05, 0) is 40.7 Å². The van der Waals surface area contributed by atoms with E-state index in [-0.39, 0.29) is 6.10 Å². The molecule has 1 aromatic carbocycles. The van der Waals surface area contributed by atoms with Crippen LogP contribution in [0, 0.1) is 0 Å². The molecule has 0 bridgehead atoms. The van der Waals surface area contributed by atoms with Crippen LogP contribution in [0.25, 0.3) is 0 Å². The highest BCUT2D eigenvalue weighted by Crippen LogP contribution is 2.29. The molecule has 2 rings (SSSR count). The van der Waals surface area contributed by atoms with E-state index in [1.807, 2.05) is 7.05 Å². The molecule has 1 fully saturated rings. The second-order valence-corrected chi connectivity index (χ2v) is 5.32. The maximum atomic E-state index is 10.8. The van der Waals surface area contributed by atoms with Crippen LogP contribution in [0.1, 0.15) is 11.6 Å². The van der Waals surface area contributed by atoms with E-state index >= 15 is 0 Å². The van der Waals surface area contributed by atoms with E-state index in [4.69, 9.17) is 15.6 Å². The molecule has 0 saturated carbocycles. The second kappa shape index (κ2) is 5.26. The third-order valence-electron chi connectivity index (χ3n) is 2.91. The summed E-state index contributed by atoms with van der Waals surface area (Å²) in [6.45, 7) is 1.81. The Labute approximate surface area is 114 Å². The lowest BCUT2D eigenvalue weighted by molar-refractivity contribution is -0.138. The number of carboxylic acid groups (broad SMARTS) is 1. The van der Waals surface area contributed by atoms with E-state index < -0.39 is 12.0 Å². The van der Waals surface area contributed by atoms with Crippen LogP contribution in [0.3, 0.4) is 0 Å². The summed E-state index contributed by atoms with van der Waals surface area (Å²) < 4.78 is 6.50. The molecule has 0 spiro atoms. The van der Waals surface area contributed by atoms with Gasteiger partial charge in [0.05, 0.1) is 4.47 Å². The molecular weight excluding hydrogens is 300 g/mol. The molecular formula is C12H15BrN2O3. The van der Waals surface area contributed by atoms with Crippen LogP contribution in [-0.2, 0) is 4.79 Å². The molecule has 1 aliphatic rings. The minimum atomic E-state index is -1.05. The lowest BCUT2D eigenvalue weighted by Crippen LogP contribution is -2.51. The molecule has 1 aliphatic heterocycles. The molecule has 3 N–H and O–H groups in total. The Bertz CT molecular complexity index is 461. The first kappa shape index (κ1) is 13.3. The molecule has 5 nitrogen and oxygen atoms in total. The zero-order valence-corrected chi connectivity index (χ0v) is 11.6. The first-order valence-electron chi connectivity index (χ1n) is 5.60. The molecule has 1 aromatic rings. The molecule has 0 aromatic heterocycles. The number of ether oxygens (including phenoxy) is 1. The number of halogens is 1. The maximum Gasteiger partial charge on any atom is 0.325 e. The van der Waals surface area contributed by atoms with E-state index in [1.165, 1.54) is 0 Å². The minimum absolute atomic E-state index is 0.199. The largest absolute Gasteiger partial charge is 0.487 e. The van der Waals surface area contributed by atoms with Gasteiger partial charge in [0.2, 0.25) is 0 Å². The number of carboxylic acids is 1. The Morgan fingerprint density at radius 2 is 2.28 bits per heavy atom. The molecule has 1 heterocycles. The number of likely N-dealkylation sites (tertiary alicyclic amines) is 1. The highest BCUT2D eigenvalue weighted by molar-refractivity contribution is 9.10. The predicted octanol–water partition coefficient (Wildman–Crippen LogP) is 1.23. The Morgan fingerprint density at radius 3 is 2.78 bits per heavy atom. The van der Waals surface area contributed by atoms with Crippen molar-refractivity contribution in [1.29, 1.82) is 0 Å².